The molecule has 0 aliphatic carbocycles. The number of rotatable bonds is 2. The van der Waals surface area contributed by atoms with E-state index in [9.17, 15) is 0 Å². The maximum atomic E-state index is 6.22. The average Bonchev–Trinajstić information content (AvgIpc) is 2.68. The second-order valence-electron chi connectivity index (χ2n) is 5.28. The van der Waals surface area contributed by atoms with E-state index in [2.05, 4.69) is 15.9 Å². The lowest BCUT2D eigenvalue weighted by molar-refractivity contribution is 0.00578. The zero-order valence-electron chi connectivity index (χ0n) is 10.5. The normalized spacial score (nSPS) is 24.0. The first kappa shape index (κ1) is 13.6. The quantitative estimate of drug-likeness (QED) is 0.852. The molecule has 6 heteroatoms. The van der Waals surface area contributed by atoms with Crippen LogP contribution in [0.25, 0.3) is 0 Å². The van der Waals surface area contributed by atoms with Gasteiger partial charge >= 0.3 is 7.12 Å². The molecule has 1 aromatic heterocycles. The van der Waals surface area contributed by atoms with Crippen LogP contribution in [0.15, 0.2) is 15.9 Å². The lowest BCUT2D eigenvalue weighted by Gasteiger charge is -2.32. The first-order chi connectivity index (χ1) is 7.74. The molecule has 2 rings (SSSR count). The summed E-state index contributed by atoms with van der Waals surface area (Å²) in [6.45, 7) is 8.12. The van der Waals surface area contributed by atoms with Crippen molar-refractivity contribution in [1.29, 1.82) is 0 Å². The molecule has 2 heterocycles. The van der Waals surface area contributed by atoms with Crippen molar-refractivity contribution in [2.24, 2.45) is 5.73 Å². The van der Waals surface area contributed by atoms with E-state index in [-0.39, 0.29) is 17.1 Å². The Balaban J connectivity index is 2.19. The van der Waals surface area contributed by atoms with Gasteiger partial charge in [0, 0.05) is 9.35 Å². The van der Waals surface area contributed by atoms with Crippen LogP contribution in [-0.4, -0.2) is 18.3 Å². The Kier molecular flexibility index (Phi) is 3.47. The minimum atomic E-state index is -0.394. The summed E-state index contributed by atoms with van der Waals surface area (Å²) in [5.41, 5.74) is 5.55. The molecule has 0 radical (unpaired) electrons. The van der Waals surface area contributed by atoms with Gasteiger partial charge < -0.3 is 15.0 Å². The zero-order chi connectivity index (χ0) is 12.8. The number of thiophene rings is 1. The van der Waals surface area contributed by atoms with Gasteiger partial charge in [-0.25, -0.2) is 0 Å². The molecule has 0 saturated carbocycles. The lowest BCUT2D eigenvalue weighted by Crippen LogP contribution is -2.41. The van der Waals surface area contributed by atoms with Crippen LogP contribution in [0.3, 0.4) is 0 Å². The van der Waals surface area contributed by atoms with E-state index in [0.717, 1.165) is 9.35 Å². The summed E-state index contributed by atoms with van der Waals surface area (Å²) in [5.74, 6) is -0.259. The molecular weight excluding hydrogens is 301 g/mol. The molecule has 1 saturated heterocycles. The van der Waals surface area contributed by atoms with Crippen LogP contribution < -0.4 is 5.73 Å². The minimum absolute atomic E-state index is 0.259. The molecule has 0 amide bonds. The Labute approximate surface area is 115 Å². The van der Waals surface area contributed by atoms with Crippen molar-refractivity contribution in [1.82, 2.24) is 0 Å². The Morgan fingerprint density at radius 2 is 1.82 bits per heavy atom. The number of nitrogens with two attached hydrogens (primary N) is 1. The summed E-state index contributed by atoms with van der Waals surface area (Å²) >= 11 is 5.10. The van der Waals surface area contributed by atoms with Crippen molar-refractivity contribution in [3.05, 3.63) is 20.8 Å². The highest BCUT2D eigenvalue weighted by Gasteiger charge is 2.53. The standard InChI is InChI=1S/C11H17BBrNO2S/c1-10(2)11(3,4)16-12(15-10)9(14)8-7(13)5-6-17-8/h5-6,9H,14H2,1-4H3. The van der Waals surface area contributed by atoms with E-state index in [1.54, 1.807) is 11.3 Å². The van der Waals surface area contributed by atoms with Crippen LogP contribution in [0.1, 0.15) is 38.5 Å². The molecular formula is C11H17BBrNO2S. The van der Waals surface area contributed by atoms with Gasteiger partial charge in [0.1, 0.15) is 0 Å². The van der Waals surface area contributed by atoms with Crippen LogP contribution >= 0.6 is 27.3 Å². The highest BCUT2D eigenvalue weighted by atomic mass is 79.9. The molecule has 1 atom stereocenters. The van der Waals surface area contributed by atoms with Crippen LogP contribution in [0, 0.1) is 0 Å². The summed E-state index contributed by atoms with van der Waals surface area (Å²) in [7, 11) is -0.394. The highest BCUT2D eigenvalue weighted by molar-refractivity contribution is 9.10. The fraction of sp³-hybridized carbons (Fsp3) is 0.636. The van der Waals surface area contributed by atoms with Crippen molar-refractivity contribution in [2.45, 2.75) is 44.8 Å². The third-order valence-corrected chi connectivity index (χ3v) is 5.48. The Bertz CT molecular complexity index is 405. The smallest absolute Gasteiger partial charge is 0.402 e. The third-order valence-electron chi connectivity index (χ3n) is 3.51. The summed E-state index contributed by atoms with van der Waals surface area (Å²) in [5, 5.41) is 2.00. The van der Waals surface area contributed by atoms with Crippen LogP contribution in [0.2, 0.25) is 0 Å². The highest BCUT2D eigenvalue weighted by Crippen LogP contribution is 2.41. The van der Waals surface area contributed by atoms with Gasteiger partial charge in [-0.15, -0.1) is 11.3 Å². The first-order valence-electron chi connectivity index (χ1n) is 5.59. The third kappa shape index (κ3) is 2.33. The Morgan fingerprint density at radius 3 is 2.24 bits per heavy atom. The second kappa shape index (κ2) is 4.35. The molecule has 17 heavy (non-hydrogen) atoms. The fourth-order valence-corrected chi connectivity index (χ4v) is 3.35. The molecule has 1 aliphatic rings. The van der Waals surface area contributed by atoms with Gasteiger partial charge in [-0.05, 0) is 55.1 Å². The monoisotopic (exact) mass is 317 g/mol. The molecule has 0 spiro atoms. The zero-order valence-corrected chi connectivity index (χ0v) is 12.9. The van der Waals surface area contributed by atoms with Crippen LogP contribution in [0.5, 0.6) is 0 Å². The average molecular weight is 318 g/mol. The predicted octanol–water partition coefficient (Wildman–Crippen LogP) is 3.14. The fourth-order valence-electron chi connectivity index (χ4n) is 1.70. The van der Waals surface area contributed by atoms with E-state index < -0.39 is 7.12 Å². The molecule has 1 aliphatic heterocycles. The molecule has 2 N–H and O–H groups in total. The maximum Gasteiger partial charge on any atom is 0.481 e. The Hall–Kier alpha value is 0.125. The van der Waals surface area contributed by atoms with E-state index in [4.69, 9.17) is 15.0 Å². The van der Waals surface area contributed by atoms with Gasteiger partial charge in [-0.1, -0.05) is 0 Å². The van der Waals surface area contributed by atoms with Gasteiger partial charge in [-0.3, -0.25) is 0 Å². The topological polar surface area (TPSA) is 44.5 Å². The van der Waals surface area contributed by atoms with Crippen molar-refractivity contribution in [2.75, 3.05) is 0 Å². The SMILES string of the molecule is CC1(C)OB(C(N)c2sccc2Br)OC1(C)C. The lowest BCUT2D eigenvalue weighted by atomic mass is 9.78. The summed E-state index contributed by atoms with van der Waals surface area (Å²) in [6, 6.07) is 1.99. The van der Waals surface area contributed by atoms with Crippen molar-refractivity contribution in [3.8, 4) is 0 Å². The van der Waals surface area contributed by atoms with Gasteiger partial charge in [0.25, 0.3) is 0 Å². The maximum absolute atomic E-state index is 6.22. The van der Waals surface area contributed by atoms with Crippen molar-refractivity contribution >= 4 is 34.4 Å². The molecule has 0 bridgehead atoms. The van der Waals surface area contributed by atoms with Gasteiger partial charge in [0.2, 0.25) is 0 Å². The minimum Gasteiger partial charge on any atom is -0.402 e. The van der Waals surface area contributed by atoms with E-state index in [1.807, 2.05) is 39.1 Å². The van der Waals surface area contributed by atoms with Crippen LogP contribution in [-0.2, 0) is 9.31 Å². The van der Waals surface area contributed by atoms with Crippen molar-refractivity contribution in [3.63, 3.8) is 0 Å². The molecule has 0 aromatic carbocycles. The second-order valence-corrected chi connectivity index (χ2v) is 7.09. The number of hydrogen-bond donors (Lipinski definition) is 1. The Morgan fingerprint density at radius 1 is 1.29 bits per heavy atom. The van der Waals surface area contributed by atoms with E-state index >= 15 is 0 Å². The van der Waals surface area contributed by atoms with Gasteiger partial charge in [-0.2, -0.15) is 0 Å². The molecule has 1 fully saturated rings. The molecule has 1 aromatic rings. The molecule has 94 valence electrons. The summed E-state index contributed by atoms with van der Waals surface area (Å²) in [6.07, 6.45) is 0. The predicted molar refractivity (Wildman–Crippen MR) is 75.0 cm³/mol. The summed E-state index contributed by atoms with van der Waals surface area (Å²) < 4.78 is 12.9. The largest absolute Gasteiger partial charge is 0.481 e. The van der Waals surface area contributed by atoms with E-state index in [1.165, 1.54) is 0 Å². The molecule has 1 unspecified atom stereocenters. The number of hydrogen-bond acceptors (Lipinski definition) is 4. The van der Waals surface area contributed by atoms with Crippen LogP contribution in [0.4, 0.5) is 0 Å². The van der Waals surface area contributed by atoms with Crippen molar-refractivity contribution < 1.29 is 9.31 Å². The number of halogens is 1. The van der Waals surface area contributed by atoms with E-state index in [0.29, 0.717) is 0 Å². The van der Waals surface area contributed by atoms with Gasteiger partial charge in [0.15, 0.2) is 0 Å². The molecule has 3 nitrogen and oxygen atoms in total. The first-order valence-corrected chi connectivity index (χ1v) is 7.26. The van der Waals surface area contributed by atoms with Gasteiger partial charge in [0.05, 0.1) is 17.1 Å². The summed E-state index contributed by atoms with van der Waals surface area (Å²) in [4.78, 5) is 1.06.